The number of ether oxygens (including phenoxy) is 3. The molecule has 3 atom stereocenters. The molecule has 2 aliphatic heterocycles. The molecule has 3 unspecified atom stereocenters. The zero-order chi connectivity index (χ0) is 30.2. The minimum Gasteiger partial charge on any atom is -0.497 e. The Labute approximate surface area is 255 Å². The van der Waals surface area contributed by atoms with Crippen LogP contribution in [0.4, 0.5) is 11.4 Å². The lowest BCUT2D eigenvalue weighted by atomic mass is 9.83. The van der Waals surface area contributed by atoms with E-state index in [-0.39, 0.29) is 29.2 Å². The van der Waals surface area contributed by atoms with Crippen LogP contribution in [0, 0.1) is 12.8 Å². The molecule has 3 amide bonds. The van der Waals surface area contributed by atoms with Crippen molar-refractivity contribution in [2.45, 2.75) is 23.1 Å². The summed E-state index contributed by atoms with van der Waals surface area (Å²) in [6.07, 6.45) is 0. The van der Waals surface area contributed by atoms with E-state index in [1.54, 1.807) is 61.7 Å². The van der Waals surface area contributed by atoms with Crippen LogP contribution in [0.3, 0.4) is 0 Å². The molecule has 1 fully saturated rings. The predicted octanol–water partition coefficient (Wildman–Crippen LogP) is 4.58. The van der Waals surface area contributed by atoms with Gasteiger partial charge in [-0.1, -0.05) is 46.9 Å². The third-order valence-electron chi connectivity index (χ3n) is 7.40. The van der Waals surface area contributed by atoms with Gasteiger partial charge in [0.25, 0.3) is 5.91 Å². The molecule has 3 heterocycles. The van der Waals surface area contributed by atoms with Crippen LogP contribution in [0.5, 0.6) is 17.2 Å². The van der Waals surface area contributed by atoms with Crippen LogP contribution in [0.15, 0.2) is 76.6 Å². The Morgan fingerprint density at radius 1 is 0.930 bits per heavy atom. The molecule has 220 valence electrons. The number of thiazole rings is 1. The number of carbonyl (C=O) groups is 3. The molecule has 0 aliphatic carbocycles. The third-order valence-corrected chi connectivity index (χ3v) is 9.80. The van der Waals surface area contributed by atoms with Crippen LogP contribution in [-0.2, 0) is 14.4 Å². The summed E-state index contributed by atoms with van der Waals surface area (Å²) in [5.41, 5.74) is 2.81. The van der Waals surface area contributed by atoms with Crippen molar-refractivity contribution in [3.63, 3.8) is 0 Å². The summed E-state index contributed by atoms with van der Waals surface area (Å²) in [6, 6.07) is 19.3. The van der Waals surface area contributed by atoms with Crippen molar-refractivity contribution in [1.82, 2.24) is 4.98 Å². The summed E-state index contributed by atoms with van der Waals surface area (Å²) in [5.74, 6) is -0.956. The molecule has 3 aromatic carbocycles. The number of aromatic amines is 1. The molecule has 10 nitrogen and oxygen atoms in total. The number of anilines is 2. The Bertz CT molecular complexity index is 1770. The van der Waals surface area contributed by atoms with Crippen molar-refractivity contribution >= 4 is 52.2 Å². The second kappa shape index (κ2) is 11.6. The highest BCUT2D eigenvalue weighted by molar-refractivity contribution is 8.00. The summed E-state index contributed by atoms with van der Waals surface area (Å²) < 4.78 is 16.5. The first kappa shape index (κ1) is 28.6. The molecular formula is C31H27N3O7S2. The van der Waals surface area contributed by atoms with Crippen molar-refractivity contribution in [1.29, 1.82) is 0 Å². The maximum Gasteiger partial charge on any atom is 0.305 e. The van der Waals surface area contributed by atoms with Crippen LogP contribution >= 0.6 is 23.1 Å². The van der Waals surface area contributed by atoms with Gasteiger partial charge in [0.05, 0.1) is 30.9 Å². The normalized spacial score (nSPS) is 19.0. The lowest BCUT2D eigenvalue weighted by Gasteiger charge is -2.30. The van der Waals surface area contributed by atoms with Crippen LogP contribution < -0.4 is 29.3 Å². The number of thioether (sulfide) groups is 1. The highest BCUT2D eigenvalue weighted by atomic mass is 32.2. The fourth-order valence-corrected chi connectivity index (χ4v) is 7.85. The minimum atomic E-state index is -0.732. The van der Waals surface area contributed by atoms with Gasteiger partial charge < -0.3 is 24.5 Å². The average Bonchev–Trinajstić information content (AvgIpc) is 3.50. The quantitative estimate of drug-likeness (QED) is 0.275. The number of fused-ring (bicyclic) bond motifs is 2. The molecule has 0 spiro atoms. The molecule has 1 aromatic heterocycles. The number of aryl methyl sites for hydroxylation is 1. The summed E-state index contributed by atoms with van der Waals surface area (Å²) in [5, 5.41) is 2.64. The second-order valence-electron chi connectivity index (χ2n) is 10.1. The van der Waals surface area contributed by atoms with Crippen molar-refractivity contribution in [2.24, 2.45) is 5.92 Å². The largest absolute Gasteiger partial charge is 0.497 e. The minimum absolute atomic E-state index is 0.257. The Morgan fingerprint density at radius 3 is 2.37 bits per heavy atom. The Balaban J connectivity index is 1.27. The van der Waals surface area contributed by atoms with E-state index in [1.165, 1.54) is 23.8 Å². The molecule has 2 N–H and O–H groups in total. The summed E-state index contributed by atoms with van der Waals surface area (Å²) in [7, 11) is 3.04. The van der Waals surface area contributed by atoms with Crippen molar-refractivity contribution in [3.8, 4) is 17.2 Å². The van der Waals surface area contributed by atoms with E-state index in [0.717, 1.165) is 16.9 Å². The topological polar surface area (TPSA) is 127 Å². The first-order valence-electron chi connectivity index (χ1n) is 13.4. The van der Waals surface area contributed by atoms with Gasteiger partial charge in [-0.3, -0.25) is 19.2 Å². The van der Waals surface area contributed by atoms with Crippen molar-refractivity contribution < 1.29 is 28.6 Å². The molecule has 4 aromatic rings. The number of benzene rings is 3. The number of nitrogens with zero attached hydrogens (tertiary/aromatic N) is 1. The van der Waals surface area contributed by atoms with E-state index >= 15 is 0 Å². The highest BCUT2D eigenvalue weighted by Gasteiger charge is 2.56. The number of hydrogen-bond donors (Lipinski definition) is 2. The fourth-order valence-electron chi connectivity index (χ4n) is 5.34. The Kier molecular flexibility index (Phi) is 7.72. The molecule has 0 saturated carbocycles. The number of amides is 3. The van der Waals surface area contributed by atoms with E-state index in [1.807, 2.05) is 19.1 Å². The first-order chi connectivity index (χ1) is 20.8. The van der Waals surface area contributed by atoms with Gasteiger partial charge in [0.1, 0.15) is 11.0 Å². The monoisotopic (exact) mass is 617 g/mol. The SMILES string of the molecule is COc1ccc(NC(=O)COc2ccc(C3c4sc(=O)[nH]c4SC4C(=O)N(c5ccc(C)cc5)C(=O)C43)cc2OC)cc1. The molecule has 12 heteroatoms. The van der Waals surface area contributed by atoms with E-state index < -0.39 is 17.1 Å². The van der Waals surface area contributed by atoms with Gasteiger partial charge in [-0.2, -0.15) is 0 Å². The second-order valence-corrected chi connectivity index (χ2v) is 12.2. The van der Waals surface area contributed by atoms with E-state index in [0.29, 0.717) is 44.1 Å². The molecule has 2 aliphatic rings. The zero-order valence-electron chi connectivity index (χ0n) is 23.4. The van der Waals surface area contributed by atoms with Crippen LogP contribution in [0.2, 0.25) is 0 Å². The van der Waals surface area contributed by atoms with Gasteiger partial charge in [-0.25, -0.2) is 4.90 Å². The molecule has 6 rings (SSSR count). The standard InChI is InChI=1S/C31H27N3O7S2/c1-16-4-9-19(10-5-16)34-29(36)25-24(26-28(33-31(38)43-26)42-27(25)30(34)37)17-6-13-21(22(14-17)40-3)41-15-23(35)32-18-7-11-20(39-2)12-8-18/h4-14,24-25,27H,15H2,1-3H3,(H,32,35)(H,33,38). The number of rotatable bonds is 8. The lowest BCUT2D eigenvalue weighted by Crippen LogP contribution is -2.32. The summed E-state index contributed by atoms with van der Waals surface area (Å²) in [6.45, 7) is 1.67. The molecule has 0 bridgehead atoms. The molecule has 0 radical (unpaired) electrons. The van der Waals surface area contributed by atoms with E-state index in [4.69, 9.17) is 14.2 Å². The van der Waals surface area contributed by atoms with Gasteiger partial charge in [0, 0.05) is 16.5 Å². The summed E-state index contributed by atoms with van der Waals surface area (Å²) in [4.78, 5) is 57.0. The lowest BCUT2D eigenvalue weighted by molar-refractivity contribution is -0.122. The van der Waals surface area contributed by atoms with Gasteiger partial charge in [-0.15, -0.1) is 0 Å². The molecular weight excluding hydrogens is 590 g/mol. The van der Waals surface area contributed by atoms with Crippen LogP contribution in [0.1, 0.15) is 21.9 Å². The van der Waals surface area contributed by atoms with Gasteiger partial charge in [-0.05, 0) is 61.0 Å². The first-order valence-corrected chi connectivity index (χ1v) is 15.1. The smallest absolute Gasteiger partial charge is 0.305 e. The predicted molar refractivity (Wildman–Crippen MR) is 164 cm³/mol. The van der Waals surface area contributed by atoms with Crippen molar-refractivity contribution in [2.75, 3.05) is 31.0 Å². The summed E-state index contributed by atoms with van der Waals surface area (Å²) >= 11 is 2.26. The Hall–Kier alpha value is -4.55. The van der Waals surface area contributed by atoms with E-state index in [2.05, 4.69) is 10.3 Å². The third kappa shape index (κ3) is 5.39. The number of carbonyl (C=O) groups excluding carboxylic acids is 3. The molecule has 1 saturated heterocycles. The number of methoxy groups -OCH3 is 2. The number of hydrogen-bond acceptors (Lipinski definition) is 9. The highest BCUT2D eigenvalue weighted by Crippen LogP contribution is 2.53. The van der Waals surface area contributed by atoms with Crippen molar-refractivity contribution in [3.05, 3.63) is 92.4 Å². The van der Waals surface area contributed by atoms with Gasteiger partial charge in [0.15, 0.2) is 18.1 Å². The Morgan fingerprint density at radius 2 is 1.67 bits per heavy atom. The van der Waals surface area contributed by atoms with Gasteiger partial charge >= 0.3 is 4.87 Å². The van der Waals surface area contributed by atoms with Crippen LogP contribution in [0.25, 0.3) is 0 Å². The number of nitrogens with one attached hydrogen (secondary N) is 2. The fraction of sp³-hybridized carbons (Fsp3) is 0.226. The zero-order valence-corrected chi connectivity index (χ0v) is 25.0. The van der Waals surface area contributed by atoms with Crippen LogP contribution in [-0.4, -0.2) is 48.8 Å². The number of H-pyrrole nitrogens is 1. The molecule has 43 heavy (non-hydrogen) atoms. The average molecular weight is 618 g/mol. The van der Waals surface area contributed by atoms with E-state index in [9.17, 15) is 19.2 Å². The number of imide groups is 1. The maximum absolute atomic E-state index is 13.9. The van der Waals surface area contributed by atoms with Gasteiger partial charge in [0.2, 0.25) is 11.8 Å². The number of aromatic nitrogens is 1. The maximum atomic E-state index is 13.9.